The van der Waals surface area contributed by atoms with Gasteiger partial charge in [0, 0.05) is 18.9 Å². The van der Waals surface area contributed by atoms with Crippen molar-refractivity contribution >= 4 is 11.6 Å². The van der Waals surface area contributed by atoms with Crippen molar-refractivity contribution < 1.29 is 9.21 Å². The summed E-state index contributed by atoms with van der Waals surface area (Å²) in [4.78, 5) is 31.8. The number of hydrogen-bond acceptors (Lipinski definition) is 5. The molecule has 0 unspecified atom stereocenters. The highest BCUT2D eigenvalue weighted by atomic mass is 16.3. The summed E-state index contributed by atoms with van der Waals surface area (Å²) >= 11 is 0. The van der Waals surface area contributed by atoms with E-state index in [4.69, 9.17) is 4.42 Å². The molecule has 1 saturated heterocycles. The molecule has 1 fully saturated rings. The van der Waals surface area contributed by atoms with Gasteiger partial charge in [-0.25, -0.2) is 4.98 Å². The first-order chi connectivity index (χ1) is 13.2. The summed E-state index contributed by atoms with van der Waals surface area (Å²) in [6.45, 7) is 2.33. The number of carbonyl (C=O) groups is 1. The van der Waals surface area contributed by atoms with Gasteiger partial charge in [-0.05, 0) is 50.2 Å². The second-order valence-electron chi connectivity index (χ2n) is 6.74. The van der Waals surface area contributed by atoms with Gasteiger partial charge in [-0.1, -0.05) is 12.5 Å². The molecule has 0 saturated carbocycles. The van der Waals surface area contributed by atoms with Gasteiger partial charge in [0.25, 0.3) is 11.5 Å². The molecule has 7 nitrogen and oxygen atoms in total. The molecule has 1 amide bonds. The van der Waals surface area contributed by atoms with E-state index in [0.29, 0.717) is 12.2 Å². The topological polar surface area (TPSA) is 79.8 Å². The van der Waals surface area contributed by atoms with E-state index in [9.17, 15) is 9.59 Å². The lowest BCUT2D eigenvalue weighted by Gasteiger charge is -2.33. The summed E-state index contributed by atoms with van der Waals surface area (Å²) in [6.07, 6.45) is 8.11. The van der Waals surface area contributed by atoms with Gasteiger partial charge >= 0.3 is 0 Å². The second kappa shape index (κ2) is 7.75. The van der Waals surface area contributed by atoms with E-state index in [2.05, 4.69) is 15.2 Å². The number of hydrogen-bond donors (Lipinski definition) is 1. The largest absolute Gasteiger partial charge is 0.468 e. The number of likely N-dealkylation sites (tertiary alicyclic amines) is 1. The molecule has 0 spiro atoms. The van der Waals surface area contributed by atoms with E-state index in [-0.39, 0.29) is 17.2 Å². The summed E-state index contributed by atoms with van der Waals surface area (Å²) in [6, 6.07) is 9.01. The molecule has 4 heterocycles. The Morgan fingerprint density at radius 2 is 2.04 bits per heavy atom. The highest BCUT2D eigenvalue weighted by molar-refractivity contribution is 5.93. The van der Waals surface area contributed by atoms with Crippen molar-refractivity contribution in [2.45, 2.75) is 25.3 Å². The van der Waals surface area contributed by atoms with Crippen molar-refractivity contribution in [3.05, 3.63) is 70.7 Å². The first-order valence-corrected chi connectivity index (χ1v) is 9.26. The fraction of sp³-hybridized carbons (Fsp3) is 0.350. The Balaban J connectivity index is 1.53. The zero-order chi connectivity index (χ0) is 18.6. The number of fused-ring (bicyclic) bond motifs is 1. The maximum absolute atomic E-state index is 12.7. The molecule has 0 aromatic carbocycles. The van der Waals surface area contributed by atoms with Crippen LogP contribution in [-0.4, -0.2) is 39.8 Å². The Labute approximate surface area is 156 Å². The van der Waals surface area contributed by atoms with Crippen molar-refractivity contribution in [1.29, 1.82) is 0 Å². The highest BCUT2D eigenvalue weighted by Crippen LogP contribution is 2.24. The third-order valence-corrected chi connectivity index (χ3v) is 5.02. The van der Waals surface area contributed by atoms with Crippen LogP contribution in [0.15, 0.2) is 58.2 Å². The predicted octanol–water partition coefficient (Wildman–Crippen LogP) is 2.24. The number of piperidine rings is 1. The number of nitrogens with zero attached hydrogens (tertiary/aromatic N) is 3. The average Bonchev–Trinajstić information content (AvgIpc) is 3.24. The monoisotopic (exact) mass is 366 g/mol. The second-order valence-corrected chi connectivity index (χ2v) is 6.74. The predicted molar refractivity (Wildman–Crippen MR) is 101 cm³/mol. The summed E-state index contributed by atoms with van der Waals surface area (Å²) in [5.74, 6) is 0.407. The number of aromatic nitrogens is 2. The third-order valence-electron chi connectivity index (χ3n) is 5.02. The van der Waals surface area contributed by atoms with Crippen LogP contribution >= 0.6 is 0 Å². The SMILES string of the molecule is O=C(NC[C@@H](c1ccco1)N1CCCCC1)c1cnc2ccccn2c1=O. The zero-order valence-electron chi connectivity index (χ0n) is 15.0. The molecule has 7 heteroatoms. The van der Waals surface area contributed by atoms with Gasteiger partial charge in [0.2, 0.25) is 0 Å². The van der Waals surface area contributed by atoms with Crippen molar-refractivity contribution in [2.75, 3.05) is 19.6 Å². The van der Waals surface area contributed by atoms with Gasteiger partial charge in [0.1, 0.15) is 17.0 Å². The minimum absolute atomic E-state index is 0.0375. The Morgan fingerprint density at radius 1 is 1.19 bits per heavy atom. The Morgan fingerprint density at radius 3 is 2.81 bits per heavy atom. The number of rotatable bonds is 5. The van der Waals surface area contributed by atoms with Gasteiger partial charge in [0.05, 0.1) is 12.3 Å². The van der Waals surface area contributed by atoms with E-state index in [1.165, 1.54) is 17.0 Å². The molecule has 0 bridgehead atoms. The number of pyridine rings is 1. The molecule has 140 valence electrons. The molecule has 1 aliphatic heterocycles. The van der Waals surface area contributed by atoms with Crippen LogP contribution < -0.4 is 10.9 Å². The molecule has 0 aliphatic carbocycles. The molecule has 1 atom stereocenters. The van der Waals surface area contributed by atoms with Crippen molar-refractivity contribution in [2.24, 2.45) is 0 Å². The van der Waals surface area contributed by atoms with Crippen molar-refractivity contribution in [3.63, 3.8) is 0 Å². The lowest BCUT2D eigenvalue weighted by Crippen LogP contribution is -2.41. The van der Waals surface area contributed by atoms with E-state index in [0.717, 1.165) is 31.7 Å². The molecule has 27 heavy (non-hydrogen) atoms. The van der Waals surface area contributed by atoms with Crippen LogP contribution in [-0.2, 0) is 0 Å². The van der Waals surface area contributed by atoms with E-state index in [1.807, 2.05) is 12.1 Å². The lowest BCUT2D eigenvalue weighted by atomic mass is 10.1. The van der Waals surface area contributed by atoms with E-state index in [1.54, 1.807) is 30.7 Å². The van der Waals surface area contributed by atoms with Crippen LogP contribution in [0.2, 0.25) is 0 Å². The molecular formula is C20H22N4O3. The van der Waals surface area contributed by atoms with Crippen LogP contribution in [0.1, 0.15) is 41.4 Å². The van der Waals surface area contributed by atoms with Gasteiger partial charge in [-0.15, -0.1) is 0 Å². The number of carbonyl (C=O) groups excluding carboxylic acids is 1. The minimum Gasteiger partial charge on any atom is -0.468 e. The Kier molecular flexibility index (Phi) is 5.02. The maximum atomic E-state index is 12.7. The fourth-order valence-corrected chi connectivity index (χ4v) is 3.59. The molecule has 3 aromatic rings. The Bertz CT molecular complexity index is 974. The first kappa shape index (κ1) is 17.5. The van der Waals surface area contributed by atoms with Crippen LogP contribution in [0.5, 0.6) is 0 Å². The van der Waals surface area contributed by atoms with E-state index < -0.39 is 5.91 Å². The Hall–Kier alpha value is -2.93. The quantitative estimate of drug-likeness (QED) is 0.749. The summed E-state index contributed by atoms with van der Waals surface area (Å²) in [7, 11) is 0. The van der Waals surface area contributed by atoms with E-state index >= 15 is 0 Å². The number of nitrogens with one attached hydrogen (secondary N) is 1. The van der Waals surface area contributed by atoms with Crippen LogP contribution in [0, 0.1) is 0 Å². The van der Waals surface area contributed by atoms with Gasteiger partial charge in [-0.3, -0.25) is 18.9 Å². The fourth-order valence-electron chi connectivity index (χ4n) is 3.59. The lowest BCUT2D eigenvalue weighted by molar-refractivity contribution is 0.0912. The van der Waals surface area contributed by atoms with Gasteiger partial charge < -0.3 is 9.73 Å². The van der Waals surface area contributed by atoms with Crippen LogP contribution in [0.3, 0.4) is 0 Å². The van der Waals surface area contributed by atoms with Gasteiger partial charge in [0.15, 0.2) is 0 Å². The van der Waals surface area contributed by atoms with Crippen molar-refractivity contribution in [3.8, 4) is 0 Å². The maximum Gasteiger partial charge on any atom is 0.270 e. The third kappa shape index (κ3) is 3.64. The summed E-state index contributed by atoms with van der Waals surface area (Å²) in [5.41, 5.74) is 0.182. The number of furan rings is 1. The number of amides is 1. The molecule has 0 radical (unpaired) electrons. The van der Waals surface area contributed by atoms with Crippen molar-refractivity contribution in [1.82, 2.24) is 19.6 Å². The summed E-state index contributed by atoms with van der Waals surface area (Å²) < 4.78 is 6.98. The molecular weight excluding hydrogens is 344 g/mol. The highest BCUT2D eigenvalue weighted by Gasteiger charge is 2.25. The van der Waals surface area contributed by atoms with Crippen LogP contribution in [0.4, 0.5) is 0 Å². The standard InChI is InChI=1S/C20H22N4O3/c25-19(15-13-21-18-8-2-5-11-24(18)20(15)26)22-14-16(17-7-6-12-27-17)23-9-3-1-4-10-23/h2,5-8,11-13,16H,1,3-4,9-10,14H2,(H,22,25)/t16-/m0/s1. The average molecular weight is 366 g/mol. The van der Waals surface area contributed by atoms with Crippen LogP contribution in [0.25, 0.3) is 5.65 Å². The summed E-state index contributed by atoms with van der Waals surface area (Å²) in [5, 5.41) is 2.90. The first-order valence-electron chi connectivity index (χ1n) is 9.26. The molecule has 1 N–H and O–H groups in total. The van der Waals surface area contributed by atoms with Gasteiger partial charge in [-0.2, -0.15) is 0 Å². The zero-order valence-corrected chi connectivity index (χ0v) is 15.0. The molecule has 1 aliphatic rings. The molecule has 4 rings (SSSR count). The molecule has 3 aromatic heterocycles. The normalized spacial score (nSPS) is 16.3. The minimum atomic E-state index is -0.417. The smallest absolute Gasteiger partial charge is 0.270 e.